The molecular formula is C17H24N. The van der Waals surface area contributed by atoms with E-state index in [-0.39, 0.29) is 0 Å². The third kappa shape index (κ3) is 3.16. The fraction of sp³-hybridized carbons (Fsp3) is 0.529. The molecule has 1 heterocycles. The summed E-state index contributed by atoms with van der Waals surface area (Å²) in [5, 5.41) is 4.75. The van der Waals surface area contributed by atoms with Crippen molar-refractivity contribution in [3.05, 3.63) is 35.5 Å². The first-order chi connectivity index (χ1) is 8.83. The Morgan fingerprint density at radius 2 is 1.67 bits per heavy atom. The van der Waals surface area contributed by atoms with Crippen LogP contribution >= 0.6 is 0 Å². The zero-order chi connectivity index (χ0) is 12.8. The van der Waals surface area contributed by atoms with Crippen molar-refractivity contribution in [2.45, 2.75) is 58.8 Å². The van der Waals surface area contributed by atoms with Gasteiger partial charge in [0.25, 0.3) is 0 Å². The smallest absolute Gasteiger partial charge is 0.0708 e. The first kappa shape index (κ1) is 13.2. The Morgan fingerprint density at radius 1 is 0.944 bits per heavy atom. The summed E-state index contributed by atoms with van der Waals surface area (Å²) in [4.78, 5) is 0. The van der Waals surface area contributed by atoms with Gasteiger partial charge in [0.2, 0.25) is 0 Å². The maximum Gasteiger partial charge on any atom is 0.0708 e. The molecule has 0 atom stereocenters. The van der Waals surface area contributed by atoms with Crippen LogP contribution in [0.25, 0.3) is 5.57 Å². The topological polar surface area (TPSA) is 14.1 Å². The lowest BCUT2D eigenvalue weighted by atomic mass is 10.0. The van der Waals surface area contributed by atoms with Gasteiger partial charge in [0.15, 0.2) is 0 Å². The van der Waals surface area contributed by atoms with Crippen LogP contribution < -0.4 is 5.32 Å². The second-order valence-corrected chi connectivity index (χ2v) is 5.22. The number of rotatable bonds is 7. The standard InChI is InChI=1S/C17H24N/c1-3-4-5-6-7-8-12-16-14(2)15-11-9-10-13-17(15)18-16/h9-11,13H,3-8,12H2,1-2H3. The van der Waals surface area contributed by atoms with E-state index in [1.807, 2.05) is 0 Å². The molecule has 0 aromatic heterocycles. The monoisotopic (exact) mass is 242 g/mol. The van der Waals surface area contributed by atoms with E-state index in [2.05, 4.69) is 38.1 Å². The van der Waals surface area contributed by atoms with Crippen molar-refractivity contribution in [1.82, 2.24) is 5.32 Å². The SMILES string of the molecule is CCCCCCCCC1=C(C)c2ccccc2[N]1. The summed E-state index contributed by atoms with van der Waals surface area (Å²) in [5.74, 6) is 0. The lowest BCUT2D eigenvalue weighted by Crippen LogP contribution is -1.93. The van der Waals surface area contributed by atoms with Gasteiger partial charge in [-0.3, -0.25) is 5.32 Å². The van der Waals surface area contributed by atoms with E-state index in [1.54, 1.807) is 0 Å². The van der Waals surface area contributed by atoms with Gasteiger partial charge in [0.1, 0.15) is 0 Å². The number of nitrogens with zero attached hydrogens (tertiary/aromatic N) is 1. The molecule has 1 heteroatoms. The fourth-order valence-electron chi connectivity index (χ4n) is 2.59. The number of para-hydroxylation sites is 1. The highest BCUT2D eigenvalue weighted by Crippen LogP contribution is 2.35. The van der Waals surface area contributed by atoms with E-state index in [1.165, 1.54) is 55.4 Å². The minimum Gasteiger partial charge on any atom is -0.253 e. The molecule has 1 aromatic rings. The zero-order valence-corrected chi connectivity index (χ0v) is 11.7. The molecule has 18 heavy (non-hydrogen) atoms. The molecule has 0 fully saturated rings. The highest BCUT2D eigenvalue weighted by Gasteiger charge is 2.18. The number of hydrogen-bond donors (Lipinski definition) is 0. The minimum atomic E-state index is 1.15. The molecular weight excluding hydrogens is 218 g/mol. The minimum absolute atomic E-state index is 1.15. The molecule has 97 valence electrons. The Bertz CT molecular complexity index is 417. The van der Waals surface area contributed by atoms with Gasteiger partial charge < -0.3 is 0 Å². The zero-order valence-electron chi connectivity index (χ0n) is 11.7. The lowest BCUT2D eigenvalue weighted by Gasteiger charge is -2.03. The average Bonchev–Trinajstić information content (AvgIpc) is 2.71. The van der Waals surface area contributed by atoms with Gasteiger partial charge in [-0.1, -0.05) is 57.2 Å². The van der Waals surface area contributed by atoms with Crippen LogP contribution in [0.3, 0.4) is 0 Å². The molecule has 1 aromatic carbocycles. The number of fused-ring (bicyclic) bond motifs is 1. The van der Waals surface area contributed by atoms with E-state index in [0.717, 1.165) is 12.1 Å². The first-order valence-corrected chi connectivity index (χ1v) is 7.34. The summed E-state index contributed by atoms with van der Waals surface area (Å²) in [6.07, 6.45) is 9.27. The largest absolute Gasteiger partial charge is 0.253 e. The van der Waals surface area contributed by atoms with Gasteiger partial charge in [-0.2, -0.15) is 0 Å². The van der Waals surface area contributed by atoms with Crippen molar-refractivity contribution in [2.24, 2.45) is 0 Å². The third-order valence-corrected chi connectivity index (χ3v) is 3.76. The predicted octanol–water partition coefficient (Wildman–Crippen LogP) is 5.42. The van der Waals surface area contributed by atoms with E-state index >= 15 is 0 Å². The Labute approximate surface area is 111 Å². The van der Waals surface area contributed by atoms with Gasteiger partial charge in [-0.15, -0.1) is 0 Å². The molecule has 0 aliphatic carbocycles. The highest BCUT2D eigenvalue weighted by atomic mass is 14.9. The van der Waals surface area contributed by atoms with Crippen molar-refractivity contribution >= 4 is 11.3 Å². The third-order valence-electron chi connectivity index (χ3n) is 3.76. The van der Waals surface area contributed by atoms with Gasteiger partial charge in [0, 0.05) is 11.3 Å². The molecule has 0 unspecified atom stereocenters. The molecule has 0 saturated heterocycles. The number of benzene rings is 1. The van der Waals surface area contributed by atoms with Crippen molar-refractivity contribution in [3.8, 4) is 0 Å². The maximum absolute atomic E-state index is 4.75. The summed E-state index contributed by atoms with van der Waals surface area (Å²) in [6.45, 7) is 4.48. The predicted molar refractivity (Wildman–Crippen MR) is 78.8 cm³/mol. The van der Waals surface area contributed by atoms with Gasteiger partial charge in [0.05, 0.1) is 5.69 Å². The molecule has 1 nitrogen and oxygen atoms in total. The van der Waals surface area contributed by atoms with Crippen molar-refractivity contribution in [2.75, 3.05) is 0 Å². The van der Waals surface area contributed by atoms with Crippen LogP contribution in [-0.4, -0.2) is 0 Å². The van der Waals surface area contributed by atoms with Crippen LogP contribution in [0.5, 0.6) is 0 Å². The molecule has 0 spiro atoms. The molecule has 0 bridgehead atoms. The van der Waals surface area contributed by atoms with Gasteiger partial charge >= 0.3 is 0 Å². The Balaban J connectivity index is 1.77. The normalized spacial score (nSPS) is 13.7. The summed E-state index contributed by atoms with van der Waals surface area (Å²) in [7, 11) is 0. The van der Waals surface area contributed by atoms with Gasteiger partial charge in [-0.25, -0.2) is 0 Å². The van der Waals surface area contributed by atoms with Crippen LogP contribution in [0.15, 0.2) is 30.0 Å². The van der Waals surface area contributed by atoms with Crippen molar-refractivity contribution in [3.63, 3.8) is 0 Å². The van der Waals surface area contributed by atoms with E-state index in [4.69, 9.17) is 5.32 Å². The molecule has 1 aliphatic heterocycles. The number of unbranched alkanes of at least 4 members (excludes halogenated alkanes) is 5. The summed E-state index contributed by atoms with van der Waals surface area (Å²) in [5.41, 5.74) is 5.19. The summed E-state index contributed by atoms with van der Waals surface area (Å²) < 4.78 is 0. The first-order valence-electron chi connectivity index (χ1n) is 7.34. The molecule has 2 rings (SSSR count). The molecule has 0 N–H and O–H groups in total. The fourth-order valence-corrected chi connectivity index (χ4v) is 2.59. The Kier molecular flexibility index (Phi) is 4.86. The number of allylic oxidation sites excluding steroid dienone is 2. The van der Waals surface area contributed by atoms with Gasteiger partial charge in [-0.05, 0) is 31.4 Å². The maximum atomic E-state index is 4.75. The van der Waals surface area contributed by atoms with Crippen LogP contribution in [0.2, 0.25) is 0 Å². The average molecular weight is 242 g/mol. The van der Waals surface area contributed by atoms with Crippen LogP contribution in [0.4, 0.5) is 5.69 Å². The van der Waals surface area contributed by atoms with E-state index in [9.17, 15) is 0 Å². The Hall–Kier alpha value is -1.24. The highest BCUT2D eigenvalue weighted by molar-refractivity contribution is 5.80. The van der Waals surface area contributed by atoms with Crippen LogP contribution in [0, 0.1) is 0 Å². The molecule has 1 aliphatic rings. The molecule has 0 amide bonds. The lowest BCUT2D eigenvalue weighted by molar-refractivity contribution is 0.602. The van der Waals surface area contributed by atoms with Crippen LogP contribution in [0.1, 0.15) is 64.4 Å². The van der Waals surface area contributed by atoms with Crippen molar-refractivity contribution < 1.29 is 0 Å². The second-order valence-electron chi connectivity index (χ2n) is 5.22. The quantitative estimate of drug-likeness (QED) is 0.567. The van der Waals surface area contributed by atoms with E-state index in [0.29, 0.717) is 0 Å². The van der Waals surface area contributed by atoms with Crippen LogP contribution in [-0.2, 0) is 0 Å². The van der Waals surface area contributed by atoms with E-state index < -0.39 is 0 Å². The molecule has 1 radical (unpaired) electrons. The second kappa shape index (κ2) is 6.63. The summed E-state index contributed by atoms with van der Waals surface area (Å²) >= 11 is 0. The Morgan fingerprint density at radius 3 is 2.44 bits per heavy atom. The summed E-state index contributed by atoms with van der Waals surface area (Å²) in [6, 6.07) is 8.48. The number of hydrogen-bond acceptors (Lipinski definition) is 0. The van der Waals surface area contributed by atoms with Crippen molar-refractivity contribution in [1.29, 1.82) is 0 Å². The molecule has 0 saturated carbocycles.